The number of cyclic esters (lactones) is 1. The van der Waals surface area contributed by atoms with Crippen molar-refractivity contribution in [2.45, 2.75) is 12.8 Å². The zero-order chi connectivity index (χ0) is 17.1. The van der Waals surface area contributed by atoms with Crippen LogP contribution in [0.15, 0.2) is 24.3 Å². The van der Waals surface area contributed by atoms with Crippen molar-refractivity contribution >= 4 is 17.9 Å². The molecule has 1 aromatic rings. The van der Waals surface area contributed by atoms with Crippen molar-refractivity contribution in [2.24, 2.45) is 11.7 Å². The maximum Gasteiger partial charge on any atom is 0.410 e. The molecule has 0 saturated carbocycles. The molecule has 0 aliphatic carbocycles. The summed E-state index contributed by atoms with van der Waals surface area (Å²) in [5.41, 5.74) is 6.86. The Bertz CT molecular complexity index is 661. The number of carbonyl (C=O) groups is 3. The van der Waals surface area contributed by atoms with Crippen molar-refractivity contribution in [1.82, 2.24) is 9.80 Å². The summed E-state index contributed by atoms with van der Waals surface area (Å²) in [5, 5.41) is 0. The lowest BCUT2D eigenvalue weighted by molar-refractivity contribution is -0.130. The van der Waals surface area contributed by atoms with Crippen molar-refractivity contribution < 1.29 is 19.1 Å². The van der Waals surface area contributed by atoms with E-state index in [-0.39, 0.29) is 12.5 Å². The number of hydrogen-bond donors (Lipinski definition) is 1. The largest absolute Gasteiger partial charge is 0.448 e. The Morgan fingerprint density at radius 3 is 2.83 bits per heavy atom. The third-order valence-corrected chi connectivity index (χ3v) is 4.55. The number of hydrogen-bond acceptors (Lipinski definition) is 4. The second-order valence-electron chi connectivity index (χ2n) is 6.30. The van der Waals surface area contributed by atoms with Gasteiger partial charge in [0, 0.05) is 18.7 Å². The fourth-order valence-corrected chi connectivity index (χ4v) is 3.24. The minimum absolute atomic E-state index is 0.0396. The molecule has 7 heteroatoms. The summed E-state index contributed by atoms with van der Waals surface area (Å²) >= 11 is 0. The number of ether oxygens (including phenoxy) is 1. The van der Waals surface area contributed by atoms with E-state index in [9.17, 15) is 14.4 Å². The van der Waals surface area contributed by atoms with E-state index in [1.54, 1.807) is 11.0 Å². The maximum atomic E-state index is 12.3. The molecule has 24 heavy (non-hydrogen) atoms. The van der Waals surface area contributed by atoms with E-state index < -0.39 is 12.0 Å². The summed E-state index contributed by atoms with van der Waals surface area (Å²) < 4.78 is 4.84. The molecule has 1 aromatic carbocycles. The molecule has 2 N–H and O–H groups in total. The van der Waals surface area contributed by atoms with Crippen molar-refractivity contribution in [2.75, 3.05) is 32.8 Å². The highest BCUT2D eigenvalue weighted by Gasteiger charge is 2.30. The summed E-state index contributed by atoms with van der Waals surface area (Å²) in [4.78, 5) is 38.2. The Labute approximate surface area is 140 Å². The van der Waals surface area contributed by atoms with Gasteiger partial charge >= 0.3 is 6.09 Å². The Morgan fingerprint density at radius 1 is 1.29 bits per heavy atom. The van der Waals surface area contributed by atoms with Gasteiger partial charge in [-0.15, -0.1) is 0 Å². The summed E-state index contributed by atoms with van der Waals surface area (Å²) in [6.07, 6.45) is 1.30. The third-order valence-electron chi connectivity index (χ3n) is 4.55. The van der Waals surface area contributed by atoms with Gasteiger partial charge in [-0.1, -0.05) is 12.1 Å². The van der Waals surface area contributed by atoms with Crippen LogP contribution >= 0.6 is 0 Å². The van der Waals surface area contributed by atoms with E-state index in [2.05, 4.69) is 0 Å². The van der Waals surface area contributed by atoms with Gasteiger partial charge in [-0.2, -0.15) is 0 Å². The first-order chi connectivity index (χ1) is 11.5. The molecule has 2 heterocycles. The van der Waals surface area contributed by atoms with Crippen molar-refractivity contribution in [3.8, 4) is 0 Å². The van der Waals surface area contributed by atoms with Gasteiger partial charge in [-0.05, 0) is 36.5 Å². The van der Waals surface area contributed by atoms with E-state index in [0.717, 1.165) is 18.4 Å². The van der Waals surface area contributed by atoms with E-state index >= 15 is 0 Å². The van der Waals surface area contributed by atoms with Gasteiger partial charge in [0.15, 0.2) is 0 Å². The molecule has 0 spiro atoms. The molecule has 7 nitrogen and oxygen atoms in total. The lowest BCUT2D eigenvalue weighted by atomic mass is 9.97. The smallest absolute Gasteiger partial charge is 0.410 e. The van der Waals surface area contributed by atoms with Crippen LogP contribution < -0.4 is 5.73 Å². The summed E-state index contributed by atoms with van der Waals surface area (Å²) in [6, 6.07) is 7.31. The summed E-state index contributed by atoms with van der Waals surface area (Å²) in [5.74, 6) is -0.123. The lowest BCUT2D eigenvalue weighted by Gasteiger charge is -2.20. The van der Waals surface area contributed by atoms with Crippen LogP contribution in [0.1, 0.15) is 22.3 Å². The number of nitrogens with two attached hydrogens (primary N) is 1. The summed E-state index contributed by atoms with van der Waals surface area (Å²) in [7, 11) is 0. The predicted molar refractivity (Wildman–Crippen MR) is 86.3 cm³/mol. The minimum Gasteiger partial charge on any atom is -0.448 e. The molecule has 0 radical (unpaired) electrons. The van der Waals surface area contributed by atoms with Crippen LogP contribution in [0.3, 0.4) is 0 Å². The lowest BCUT2D eigenvalue weighted by Crippen LogP contribution is -2.39. The normalized spacial score (nSPS) is 20.3. The molecule has 0 aromatic heterocycles. The monoisotopic (exact) mass is 331 g/mol. The number of likely N-dealkylation sites (tertiary alicyclic amines) is 1. The maximum absolute atomic E-state index is 12.3. The molecular weight excluding hydrogens is 310 g/mol. The molecule has 2 aliphatic heterocycles. The minimum atomic E-state index is -0.433. The number of benzene rings is 1. The van der Waals surface area contributed by atoms with E-state index in [1.807, 2.05) is 18.2 Å². The first-order valence-electron chi connectivity index (χ1n) is 8.11. The predicted octanol–water partition coefficient (Wildman–Crippen LogP) is 0.629. The van der Waals surface area contributed by atoms with E-state index in [0.29, 0.717) is 37.7 Å². The van der Waals surface area contributed by atoms with Gasteiger partial charge in [-0.25, -0.2) is 4.79 Å². The molecule has 1 unspecified atom stereocenters. The average Bonchev–Trinajstić information content (AvgIpc) is 3.17. The van der Waals surface area contributed by atoms with Gasteiger partial charge < -0.3 is 15.4 Å². The molecule has 1 atom stereocenters. The number of rotatable bonds is 5. The molecule has 128 valence electrons. The Hall–Kier alpha value is -2.57. The van der Waals surface area contributed by atoms with Crippen LogP contribution in [0, 0.1) is 5.92 Å². The van der Waals surface area contributed by atoms with Gasteiger partial charge in [0.2, 0.25) is 11.8 Å². The van der Waals surface area contributed by atoms with Crippen molar-refractivity contribution in [3.05, 3.63) is 35.4 Å². The van der Waals surface area contributed by atoms with Crippen LogP contribution in [0.2, 0.25) is 0 Å². The third kappa shape index (κ3) is 3.67. The van der Waals surface area contributed by atoms with Gasteiger partial charge in [0.05, 0.1) is 6.54 Å². The second-order valence-corrected chi connectivity index (χ2v) is 6.30. The van der Waals surface area contributed by atoms with Gasteiger partial charge in [0.1, 0.15) is 13.2 Å². The van der Waals surface area contributed by atoms with Crippen LogP contribution in [0.5, 0.6) is 0 Å². The summed E-state index contributed by atoms with van der Waals surface area (Å²) in [6.45, 7) is 2.28. The number of primary amides is 1. The highest BCUT2D eigenvalue weighted by molar-refractivity contribution is 5.92. The average molecular weight is 331 g/mol. The zero-order valence-electron chi connectivity index (χ0n) is 13.4. The quantitative estimate of drug-likeness (QED) is 0.856. The zero-order valence-corrected chi connectivity index (χ0v) is 13.4. The molecule has 0 bridgehead atoms. The number of carbonyl (C=O) groups excluding carboxylic acids is 3. The second kappa shape index (κ2) is 6.90. The molecule has 2 fully saturated rings. The topological polar surface area (TPSA) is 92.9 Å². The molecule has 2 saturated heterocycles. The van der Waals surface area contributed by atoms with Crippen molar-refractivity contribution in [3.63, 3.8) is 0 Å². The van der Waals surface area contributed by atoms with E-state index in [1.165, 1.54) is 4.90 Å². The SMILES string of the molecule is NC(=O)c1cccc(CC2CCN(C(=O)CN3CCOC3=O)C2)c1. The highest BCUT2D eigenvalue weighted by Crippen LogP contribution is 2.22. The molecular formula is C17H21N3O4. The number of nitrogens with zero attached hydrogens (tertiary/aromatic N) is 2. The van der Waals surface area contributed by atoms with Gasteiger partial charge in [0.25, 0.3) is 0 Å². The fourth-order valence-electron chi connectivity index (χ4n) is 3.24. The Kier molecular flexibility index (Phi) is 4.69. The van der Waals surface area contributed by atoms with Crippen LogP contribution in [0.25, 0.3) is 0 Å². The first-order valence-corrected chi connectivity index (χ1v) is 8.11. The Morgan fingerprint density at radius 2 is 2.12 bits per heavy atom. The van der Waals surface area contributed by atoms with Crippen LogP contribution in [0.4, 0.5) is 4.79 Å². The first kappa shape index (κ1) is 16.3. The number of amides is 3. The van der Waals surface area contributed by atoms with E-state index in [4.69, 9.17) is 10.5 Å². The Balaban J connectivity index is 1.53. The molecule has 3 rings (SSSR count). The standard InChI is InChI=1S/C17H21N3O4/c18-16(22)14-3-1-2-12(9-14)8-13-4-5-19(10-13)15(21)11-20-6-7-24-17(20)23/h1-3,9,13H,4-8,10-11H2,(H2,18,22). The van der Waals surface area contributed by atoms with Gasteiger partial charge in [-0.3, -0.25) is 14.5 Å². The van der Waals surface area contributed by atoms with Crippen LogP contribution in [-0.2, 0) is 16.0 Å². The van der Waals surface area contributed by atoms with Crippen LogP contribution in [-0.4, -0.2) is 60.5 Å². The molecule has 2 aliphatic rings. The fraction of sp³-hybridized carbons (Fsp3) is 0.471. The van der Waals surface area contributed by atoms with Crippen molar-refractivity contribution in [1.29, 1.82) is 0 Å². The highest BCUT2D eigenvalue weighted by atomic mass is 16.6. The molecule has 3 amide bonds.